The van der Waals surface area contributed by atoms with Gasteiger partial charge in [-0.15, -0.1) is 6.58 Å². The molecule has 86 valence electrons. The van der Waals surface area contributed by atoms with E-state index in [1.165, 1.54) is 19.3 Å². The number of nitrogens with one attached hydrogen (secondary N) is 1. The SMILES string of the molecule is C=CCCC(NCC1(C)COC1)C1CC1. The van der Waals surface area contributed by atoms with Crippen LogP contribution >= 0.6 is 0 Å². The molecule has 2 heteroatoms. The molecule has 1 atom stereocenters. The van der Waals surface area contributed by atoms with Crippen LogP contribution in [0.5, 0.6) is 0 Å². The highest BCUT2D eigenvalue weighted by Crippen LogP contribution is 2.35. The maximum absolute atomic E-state index is 5.27. The van der Waals surface area contributed by atoms with Crippen LogP contribution in [-0.4, -0.2) is 25.8 Å². The van der Waals surface area contributed by atoms with Crippen molar-refractivity contribution in [1.82, 2.24) is 5.32 Å². The lowest BCUT2D eigenvalue weighted by molar-refractivity contribution is -0.100. The molecule has 0 aromatic carbocycles. The van der Waals surface area contributed by atoms with E-state index in [2.05, 4.69) is 18.8 Å². The highest BCUT2D eigenvalue weighted by Gasteiger charge is 2.36. The van der Waals surface area contributed by atoms with Gasteiger partial charge in [0.2, 0.25) is 0 Å². The van der Waals surface area contributed by atoms with Crippen molar-refractivity contribution >= 4 is 0 Å². The second-order valence-electron chi connectivity index (χ2n) is 5.49. The van der Waals surface area contributed by atoms with Crippen molar-refractivity contribution < 1.29 is 4.74 Å². The van der Waals surface area contributed by atoms with Gasteiger partial charge in [0, 0.05) is 18.0 Å². The maximum Gasteiger partial charge on any atom is 0.0554 e. The van der Waals surface area contributed by atoms with Gasteiger partial charge in [-0.3, -0.25) is 0 Å². The van der Waals surface area contributed by atoms with Gasteiger partial charge in [0.1, 0.15) is 0 Å². The Kier molecular flexibility index (Phi) is 3.47. The summed E-state index contributed by atoms with van der Waals surface area (Å²) in [6.45, 7) is 9.08. The van der Waals surface area contributed by atoms with Crippen molar-refractivity contribution in [2.75, 3.05) is 19.8 Å². The molecule has 0 radical (unpaired) electrons. The Labute approximate surface area is 93.1 Å². The van der Waals surface area contributed by atoms with E-state index in [4.69, 9.17) is 4.74 Å². The first-order valence-electron chi connectivity index (χ1n) is 6.15. The molecule has 0 bridgehead atoms. The molecule has 0 aromatic rings. The van der Waals surface area contributed by atoms with Crippen LogP contribution in [0.1, 0.15) is 32.6 Å². The average Bonchev–Trinajstić information content (AvgIpc) is 2.99. The molecule has 1 saturated carbocycles. The third kappa shape index (κ3) is 3.05. The number of rotatable bonds is 7. The van der Waals surface area contributed by atoms with Crippen LogP contribution in [-0.2, 0) is 4.74 Å². The van der Waals surface area contributed by atoms with Gasteiger partial charge < -0.3 is 10.1 Å². The predicted molar refractivity (Wildman–Crippen MR) is 62.9 cm³/mol. The summed E-state index contributed by atoms with van der Waals surface area (Å²) in [5, 5.41) is 3.73. The number of ether oxygens (including phenoxy) is 1. The summed E-state index contributed by atoms with van der Waals surface area (Å²) < 4.78 is 5.27. The quantitative estimate of drug-likeness (QED) is 0.650. The van der Waals surface area contributed by atoms with Crippen LogP contribution < -0.4 is 5.32 Å². The topological polar surface area (TPSA) is 21.3 Å². The van der Waals surface area contributed by atoms with E-state index in [1.807, 2.05) is 6.08 Å². The van der Waals surface area contributed by atoms with Gasteiger partial charge in [-0.2, -0.15) is 0 Å². The van der Waals surface area contributed by atoms with Gasteiger partial charge in [0.05, 0.1) is 13.2 Å². The first-order valence-corrected chi connectivity index (χ1v) is 6.15. The maximum atomic E-state index is 5.27. The monoisotopic (exact) mass is 209 g/mol. The second kappa shape index (κ2) is 4.67. The first-order chi connectivity index (χ1) is 7.23. The zero-order valence-electron chi connectivity index (χ0n) is 9.80. The van der Waals surface area contributed by atoms with Crippen molar-refractivity contribution in [1.29, 1.82) is 0 Å². The van der Waals surface area contributed by atoms with Gasteiger partial charge in [-0.1, -0.05) is 13.0 Å². The fourth-order valence-corrected chi connectivity index (χ4v) is 2.23. The lowest BCUT2D eigenvalue weighted by Gasteiger charge is -2.39. The van der Waals surface area contributed by atoms with Gasteiger partial charge in [0.15, 0.2) is 0 Å². The summed E-state index contributed by atoms with van der Waals surface area (Å²) >= 11 is 0. The van der Waals surface area contributed by atoms with Crippen LogP contribution in [0.25, 0.3) is 0 Å². The lowest BCUT2D eigenvalue weighted by Crippen LogP contribution is -2.50. The fraction of sp³-hybridized carbons (Fsp3) is 0.846. The molecule has 2 aliphatic rings. The molecule has 1 saturated heterocycles. The molecule has 2 nitrogen and oxygen atoms in total. The first kappa shape index (κ1) is 11.2. The summed E-state index contributed by atoms with van der Waals surface area (Å²) in [7, 11) is 0. The van der Waals surface area contributed by atoms with E-state index in [9.17, 15) is 0 Å². The van der Waals surface area contributed by atoms with Crippen LogP contribution in [0.4, 0.5) is 0 Å². The summed E-state index contributed by atoms with van der Waals surface area (Å²) in [6, 6.07) is 0.723. The Hall–Kier alpha value is -0.340. The largest absolute Gasteiger partial charge is 0.380 e. The predicted octanol–water partition coefficient (Wildman–Crippen LogP) is 2.36. The zero-order valence-corrected chi connectivity index (χ0v) is 9.80. The Balaban J connectivity index is 1.71. The van der Waals surface area contributed by atoms with Gasteiger partial charge in [0.25, 0.3) is 0 Å². The van der Waals surface area contributed by atoms with E-state index in [0.29, 0.717) is 5.41 Å². The minimum atomic E-state index is 0.404. The van der Waals surface area contributed by atoms with E-state index in [0.717, 1.165) is 38.1 Å². The fourth-order valence-electron chi connectivity index (χ4n) is 2.23. The molecule has 0 spiro atoms. The third-order valence-corrected chi connectivity index (χ3v) is 3.56. The molecular weight excluding hydrogens is 186 g/mol. The van der Waals surface area contributed by atoms with Crippen molar-refractivity contribution in [3.8, 4) is 0 Å². The van der Waals surface area contributed by atoms with Crippen molar-refractivity contribution in [2.45, 2.75) is 38.6 Å². The molecule has 1 aliphatic heterocycles. The summed E-state index contributed by atoms with van der Waals surface area (Å²) in [6.07, 6.45) is 7.27. The number of hydrogen-bond acceptors (Lipinski definition) is 2. The highest BCUT2D eigenvalue weighted by molar-refractivity contribution is 4.91. The third-order valence-electron chi connectivity index (χ3n) is 3.56. The van der Waals surface area contributed by atoms with E-state index < -0.39 is 0 Å². The van der Waals surface area contributed by atoms with Gasteiger partial charge in [-0.05, 0) is 31.6 Å². The van der Waals surface area contributed by atoms with Crippen molar-refractivity contribution in [3.63, 3.8) is 0 Å². The number of allylic oxidation sites excluding steroid dienone is 1. The summed E-state index contributed by atoms with van der Waals surface area (Å²) in [4.78, 5) is 0. The van der Waals surface area contributed by atoms with Crippen LogP contribution in [0.15, 0.2) is 12.7 Å². The molecule has 1 heterocycles. The standard InChI is InChI=1S/C13H23NO/c1-3-4-5-12(11-6-7-11)14-8-13(2)9-15-10-13/h3,11-12,14H,1,4-10H2,2H3. The Morgan fingerprint density at radius 1 is 1.53 bits per heavy atom. The number of hydrogen-bond donors (Lipinski definition) is 1. The smallest absolute Gasteiger partial charge is 0.0554 e. The molecule has 1 unspecified atom stereocenters. The molecule has 1 N–H and O–H groups in total. The molecular formula is C13H23NO. The second-order valence-corrected chi connectivity index (χ2v) is 5.49. The van der Waals surface area contributed by atoms with Gasteiger partial charge >= 0.3 is 0 Å². The zero-order chi connectivity index (χ0) is 10.7. The molecule has 0 aromatic heterocycles. The molecule has 2 rings (SSSR count). The normalized spacial score (nSPS) is 25.7. The van der Waals surface area contributed by atoms with E-state index in [-0.39, 0.29) is 0 Å². The summed E-state index contributed by atoms with van der Waals surface area (Å²) in [5.41, 5.74) is 0.404. The van der Waals surface area contributed by atoms with Crippen molar-refractivity contribution in [2.24, 2.45) is 11.3 Å². The van der Waals surface area contributed by atoms with Crippen LogP contribution in [0.3, 0.4) is 0 Å². The van der Waals surface area contributed by atoms with E-state index in [1.54, 1.807) is 0 Å². The molecule has 2 fully saturated rings. The Bertz CT molecular complexity index is 219. The molecule has 15 heavy (non-hydrogen) atoms. The minimum Gasteiger partial charge on any atom is -0.380 e. The average molecular weight is 209 g/mol. The highest BCUT2D eigenvalue weighted by atomic mass is 16.5. The van der Waals surface area contributed by atoms with Crippen LogP contribution in [0, 0.1) is 11.3 Å². The van der Waals surface area contributed by atoms with Gasteiger partial charge in [-0.25, -0.2) is 0 Å². The Morgan fingerprint density at radius 3 is 2.73 bits per heavy atom. The Morgan fingerprint density at radius 2 is 2.27 bits per heavy atom. The van der Waals surface area contributed by atoms with Crippen LogP contribution in [0.2, 0.25) is 0 Å². The van der Waals surface area contributed by atoms with Crippen molar-refractivity contribution in [3.05, 3.63) is 12.7 Å². The van der Waals surface area contributed by atoms with E-state index >= 15 is 0 Å². The molecule has 0 amide bonds. The molecule has 1 aliphatic carbocycles. The lowest BCUT2D eigenvalue weighted by atomic mass is 9.88. The minimum absolute atomic E-state index is 0.404. The summed E-state index contributed by atoms with van der Waals surface area (Å²) in [5.74, 6) is 0.939.